The fourth-order valence-electron chi connectivity index (χ4n) is 6.67. The third-order valence-corrected chi connectivity index (χ3v) is 8.88. The molecule has 0 spiro atoms. The van der Waals surface area contributed by atoms with Gasteiger partial charge in [-0.2, -0.15) is 0 Å². The number of rotatable bonds is 2. The van der Waals surface area contributed by atoms with Crippen molar-refractivity contribution in [3.8, 4) is 22.5 Å². The second-order valence-corrected chi connectivity index (χ2v) is 11.5. The van der Waals surface area contributed by atoms with Gasteiger partial charge in [0.15, 0.2) is 5.65 Å². The van der Waals surface area contributed by atoms with Crippen LogP contribution in [0, 0.1) is 0 Å². The van der Waals surface area contributed by atoms with Crippen LogP contribution in [0.5, 0.6) is 0 Å². The van der Waals surface area contributed by atoms with Gasteiger partial charge in [-0.25, -0.2) is 24.3 Å². The molecule has 0 radical (unpaired) electrons. The van der Waals surface area contributed by atoms with Gasteiger partial charge in [0.25, 0.3) is 5.56 Å². The predicted octanol–water partition coefficient (Wildman–Crippen LogP) is 8.23. The highest BCUT2D eigenvalue weighted by molar-refractivity contribution is 6.05. The number of aromatic nitrogens is 6. The molecule has 5 heterocycles. The lowest BCUT2D eigenvalue weighted by Gasteiger charge is -2.12. The van der Waals surface area contributed by atoms with Crippen LogP contribution in [0.1, 0.15) is 0 Å². The number of para-hydroxylation sites is 3. The molecular weight excluding hydrogens is 568 g/mol. The van der Waals surface area contributed by atoms with Crippen molar-refractivity contribution >= 4 is 66.1 Å². The first-order chi connectivity index (χ1) is 22.7. The molecule has 0 saturated heterocycles. The third-order valence-electron chi connectivity index (χ3n) is 8.88. The summed E-state index contributed by atoms with van der Waals surface area (Å²) in [6.45, 7) is 0. The van der Waals surface area contributed by atoms with Crippen molar-refractivity contribution in [1.82, 2.24) is 28.7 Å². The van der Waals surface area contributed by atoms with Crippen molar-refractivity contribution in [1.29, 1.82) is 0 Å². The molecule has 10 aromatic rings. The number of hydrogen-bond donors (Lipinski definition) is 0. The predicted molar refractivity (Wildman–Crippen MR) is 184 cm³/mol. The molecule has 7 nitrogen and oxygen atoms in total. The van der Waals surface area contributed by atoms with Crippen LogP contribution in [0.3, 0.4) is 0 Å². The van der Waals surface area contributed by atoms with Crippen molar-refractivity contribution in [2.75, 3.05) is 0 Å². The monoisotopic (exact) mass is 590 g/mol. The zero-order valence-electron chi connectivity index (χ0n) is 24.3. The summed E-state index contributed by atoms with van der Waals surface area (Å²) in [5, 5.41) is 3.44. The van der Waals surface area contributed by atoms with Crippen LogP contribution in [0.15, 0.2) is 138 Å². The van der Waals surface area contributed by atoms with Crippen molar-refractivity contribution in [3.05, 3.63) is 144 Å². The molecule has 214 valence electrons. The summed E-state index contributed by atoms with van der Waals surface area (Å²) in [4.78, 5) is 34.2. The average molecular weight is 591 g/mol. The molecule has 0 saturated carbocycles. The van der Waals surface area contributed by atoms with E-state index in [9.17, 15) is 4.79 Å². The zero-order valence-corrected chi connectivity index (χ0v) is 24.3. The summed E-state index contributed by atoms with van der Waals surface area (Å²) in [5.41, 5.74) is 9.10. The van der Waals surface area contributed by atoms with Gasteiger partial charge in [0.1, 0.15) is 0 Å². The first-order valence-electron chi connectivity index (χ1n) is 15.1. The number of imidazole rings is 1. The maximum atomic E-state index is 14.0. The van der Waals surface area contributed by atoms with E-state index in [0.717, 1.165) is 66.3 Å². The molecule has 0 N–H and O–H groups in total. The average Bonchev–Trinajstić information content (AvgIpc) is 3.51. The van der Waals surface area contributed by atoms with E-state index < -0.39 is 0 Å². The Morgan fingerprint density at radius 1 is 0.457 bits per heavy atom. The van der Waals surface area contributed by atoms with Gasteiger partial charge in [-0.1, -0.05) is 84.9 Å². The smallest absolute Gasteiger partial charge is 0.268 e. The Balaban J connectivity index is 1.27. The normalized spacial score (nSPS) is 12.0. The minimum absolute atomic E-state index is 0.149. The maximum absolute atomic E-state index is 14.0. The van der Waals surface area contributed by atoms with E-state index >= 15 is 0 Å². The first kappa shape index (κ1) is 24.9. The molecule has 5 aromatic carbocycles. The maximum Gasteiger partial charge on any atom is 0.268 e. The van der Waals surface area contributed by atoms with Crippen LogP contribution in [0.25, 0.3) is 88.6 Å². The fraction of sp³-hybridized carbons (Fsp3) is 0. The number of pyridine rings is 2. The molecule has 10 rings (SSSR count). The number of hydrogen-bond acceptors (Lipinski definition) is 5. The summed E-state index contributed by atoms with van der Waals surface area (Å²) in [7, 11) is 0. The Hall–Kier alpha value is -6.47. The molecule has 0 amide bonds. The van der Waals surface area contributed by atoms with Gasteiger partial charge >= 0.3 is 0 Å². The van der Waals surface area contributed by atoms with Crippen LogP contribution in [-0.2, 0) is 0 Å². The molecule has 0 atom stereocenters. The van der Waals surface area contributed by atoms with E-state index in [0.29, 0.717) is 22.3 Å². The topological polar surface area (TPSA) is 77.5 Å². The Bertz CT molecular complexity index is 2940. The quantitative estimate of drug-likeness (QED) is 0.150. The molecular formula is C39H22N6O. The summed E-state index contributed by atoms with van der Waals surface area (Å²) in [6, 6.07) is 44.3. The number of nitrogens with zero attached hydrogens (tertiary/aromatic N) is 6. The van der Waals surface area contributed by atoms with E-state index in [4.69, 9.17) is 19.9 Å². The lowest BCUT2D eigenvalue weighted by Crippen LogP contribution is -2.18. The van der Waals surface area contributed by atoms with Crippen molar-refractivity contribution in [2.45, 2.75) is 0 Å². The van der Waals surface area contributed by atoms with E-state index in [1.165, 1.54) is 0 Å². The summed E-state index contributed by atoms with van der Waals surface area (Å²) in [5.74, 6) is 0.537. The largest absolute Gasteiger partial charge is 0.277 e. The van der Waals surface area contributed by atoms with Crippen molar-refractivity contribution in [3.63, 3.8) is 0 Å². The lowest BCUT2D eigenvalue weighted by atomic mass is 10.0. The highest BCUT2D eigenvalue weighted by Crippen LogP contribution is 2.32. The standard InChI is InChI=1S/C39H22N6O/c46-38-27-10-4-5-11-31(27)42-37-28-22-26(18-21-33(28)44-34-13-7-6-12-32(34)43-39(44)45(37)38)30-20-17-25-15-14-24-16-19-29(23-8-2-1-3-9-23)40-35(24)36(25)41-30/h1-22H. The Labute approximate surface area is 260 Å². The fourth-order valence-corrected chi connectivity index (χ4v) is 6.67. The van der Waals surface area contributed by atoms with E-state index in [-0.39, 0.29) is 5.56 Å². The summed E-state index contributed by atoms with van der Waals surface area (Å²) < 4.78 is 3.69. The number of benzene rings is 5. The molecule has 0 aliphatic rings. The molecule has 0 fully saturated rings. The van der Waals surface area contributed by atoms with Gasteiger partial charge in [-0.3, -0.25) is 9.20 Å². The lowest BCUT2D eigenvalue weighted by molar-refractivity contribution is 1.05. The molecule has 7 heteroatoms. The Kier molecular flexibility index (Phi) is 5.02. The van der Waals surface area contributed by atoms with Gasteiger partial charge in [0.2, 0.25) is 5.78 Å². The van der Waals surface area contributed by atoms with E-state index in [1.807, 2.05) is 72.8 Å². The van der Waals surface area contributed by atoms with Crippen LogP contribution >= 0.6 is 0 Å². The van der Waals surface area contributed by atoms with Crippen molar-refractivity contribution in [2.24, 2.45) is 0 Å². The second kappa shape index (κ2) is 9.27. The van der Waals surface area contributed by atoms with Crippen LogP contribution in [-0.4, -0.2) is 28.7 Å². The highest BCUT2D eigenvalue weighted by Gasteiger charge is 2.18. The zero-order chi connectivity index (χ0) is 30.4. The van der Waals surface area contributed by atoms with Gasteiger partial charge in [-0.05, 0) is 48.5 Å². The van der Waals surface area contributed by atoms with Gasteiger partial charge in [0, 0.05) is 27.3 Å². The molecule has 0 aliphatic carbocycles. The SMILES string of the molecule is O=c1c2ccccc2nc2c3cc(-c4ccc5ccc6ccc(-c7ccccc7)nc6c5n4)ccc3n3c4ccccc4nc3n12. The molecule has 0 unspecified atom stereocenters. The molecule has 0 aliphatic heterocycles. The molecule has 5 aromatic heterocycles. The van der Waals surface area contributed by atoms with Crippen LogP contribution in [0.4, 0.5) is 0 Å². The van der Waals surface area contributed by atoms with E-state index in [1.54, 1.807) is 4.40 Å². The molecule has 0 bridgehead atoms. The van der Waals surface area contributed by atoms with Crippen molar-refractivity contribution < 1.29 is 0 Å². The van der Waals surface area contributed by atoms with Gasteiger partial charge < -0.3 is 0 Å². The second-order valence-electron chi connectivity index (χ2n) is 11.5. The Morgan fingerprint density at radius 3 is 1.89 bits per heavy atom. The number of fused-ring (bicyclic) bond motifs is 12. The summed E-state index contributed by atoms with van der Waals surface area (Å²) in [6.07, 6.45) is 0. The van der Waals surface area contributed by atoms with Crippen LogP contribution in [0.2, 0.25) is 0 Å². The Morgan fingerprint density at radius 2 is 1.11 bits per heavy atom. The van der Waals surface area contributed by atoms with Gasteiger partial charge in [-0.15, -0.1) is 0 Å². The first-order valence-corrected chi connectivity index (χ1v) is 15.1. The summed E-state index contributed by atoms with van der Waals surface area (Å²) >= 11 is 0. The van der Waals surface area contributed by atoms with Gasteiger partial charge in [0.05, 0.1) is 49.9 Å². The van der Waals surface area contributed by atoms with E-state index in [2.05, 4.69) is 65.1 Å². The van der Waals surface area contributed by atoms with Crippen LogP contribution < -0.4 is 5.56 Å². The minimum Gasteiger partial charge on any atom is -0.277 e. The molecule has 46 heavy (non-hydrogen) atoms. The third kappa shape index (κ3) is 3.51. The minimum atomic E-state index is -0.149. The highest BCUT2D eigenvalue weighted by atomic mass is 16.1.